The molecule has 0 saturated carbocycles. The van der Waals surface area contributed by atoms with Crippen molar-refractivity contribution < 1.29 is 4.79 Å². The van der Waals surface area contributed by atoms with Gasteiger partial charge in [-0.25, -0.2) is 4.98 Å². The van der Waals surface area contributed by atoms with Crippen molar-refractivity contribution in [1.82, 2.24) is 14.5 Å². The van der Waals surface area contributed by atoms with Gasteiger partial charge in [0.15, 0.2) is 0 Å². The van der Waals surface area contributed by atoms with E-state index >= 15 is 0 Å². The minimum atomic E-state index is -0.0223. The van der Waals surface area contributed by atoms with Crippen LogP contribution in [0, 0.1) is 6.92 Å². The van der Waals surface area contributed by atoms with Crippen LogP contribution in [0.1, 0.15) is 5.56 Å². The summed E-state index contributed by atoms with van der Waals surface area (Å²) in [6.07, 6.45) is 0. The molecular weight excluding hydrogens is 324 g/mol. The number of pyridine rings is 1. The topological polar surface area (TPSA) is 50.2 Å². The van der Waals surface area contributed by atoms with E-state index in [-0.39, 0.29) is 5.91 Å². The molecule has 2 heterocycles. The van der Waals surface area contributed by atoms with Crippen LogP contribution in [0.4, 0.5) is 5.69 Å². The maximum atomic E-state index is 12.1. The summed E-state index contributed by atoms with van der Waals surface area (Å²) >= 11 is 0. The summed E-state index contributed by atoms with van der Waals surface area (Å²) in [5.41, 5.74) is 5.27. The van der Waals surface area contributed by atoms with Crippen LogP contribution in [-0.4, -0.2) is 41.0 Å². The molecule has 2 aliphatic heterocycles. The highest BCUT2D eigenvalue weighted by atomic mass is 16.2. The van der Waals surface area contributed by atoms with E-state index in [1.54, 1.807) is 0 Å². The Morgan fingerprint density at radius 3 is 2.69 bits per heavy atom. The first-order valence-electron chi connectivity index (χ1n) is 8.68. The van der Waals surface area contributed by atoms with Crippen molar-refractivity contribution in [1.29, 1.82) is 0 Å². The van der Waals surface area contributed by atoms with E-state index in [0.717, 1.165) is 28.0 Å². The Morgan fingerprint density at radius 2 is 1.92 bits per heavy atom. The zero-order chi connectivity index (χ0) is 18.4. The van der Waals surface area contributed by atoms with Crippen LogP contribution in [0.15, 0.2) is 42.5 Å². The molecule has 4 rings (SSSR count). The SMILES string of the molecule is Cc1c2c3cc(NC(=O)CN(C)C)ccc3nc-2n(C)c2ccccc12. The Bertz CT molecular complexity index is 1110. The van der Waals surface area contributed by atoms with Crippen molar-refractivity contribution in [2.45, 2.75) is 6.92 Å². The Hall–Kier alpha value is -2.92. The fourth-order valence-electron chi connectivity index (χ4n) is 3.63. The number of aromatic nitrogens is 2. The Labute approximate surface area is 152 Å². The molecule has 0 bridgehead atoms. The van der Waals surface area contributed by atoms with E-state index in [0.29, 0.717) is 6.54 Å². The molecule has 0 aromatic heterocycles. The van der Waals surface area contributed by atoms with Crippen molar-refractivity contribution in [3.63, 3.8) is 0 Å². The molecule has 0 atom stereocenters. The first-order valence-corrected chi connectivity index (χ1v) is 8.68. The van der Waals surface area contributed by atoms with Crippen LogP contribution in [0.5, 0.6) is 0 Å². The summed E-state index contributed by atoms with van der Waals surface area (Å²) in [5, 5.41) is 5.27. The highest BCUT2D eigenvalue weighted by Gasteiger charge is 2.20. The molecule has 1 amide bonds. The molecule has 0 unspecified atom stereocenters. The summed E-state index contributed by atoms with van der Waals surface area (Å²) in [6.45, 7) is 2.50. The number of hydrogen-bond donors (Lipinski definition) is 1. The first-order chi connectivity index (χ1) is 12.5. The van der Waals surface area contributed by atoms with Crippen molar-refractivity contribution in [2.75, 3.05) is 26.0 Å². The maximum Gasteiger partial charge on any atom is 0.238 e. The minimum absolute atomic E-state index is 0.0223. The normalized spacial score (nSPS) is 11.7. The van der Waals surface area contributed by atoms with E-state index in [9.17, 15) is 4.79 Å². The number of benzene rings is 2. The van der Waals surface area contributed by atoms with Gasteiger partial charge in [-0.1, -0.05) is 18.2 Å². The number of amides is 1. The van der Waals surface area contributed by atoms with Crippen LogP contribution < -0.4 is 5.32 Å². The molecule has 0 aliphatic carbocycles. The third kappa shape index (κ3) is 2.61. The predicted octanol–water partition coefficient (Wildman–Crippen LogP) is 3.64. The number of carbonyl (C=O) groups is 1. The van der Waals surface area contributed by atoms with Gasteiger partial charge in [0.2, 0.25) is 5.91 Å². The lowest BCUT2D eigenvalue weighted by Gasteiger charge is -2.15. The molecule has 132 valence electrons. The molecule has 0 radical (unpaired) electrons. The molecule has 26 heavy (non-hydrogen) atoms. The number of fused-ring (bicyclic) bond motifs is 4. The molecule has 1 N–H and O–H groups in total. The van der Waals surface area contributed by atoms with Gasteiger partial charge in [0.25, 0.3) is 0 Å². The first kappa shape index (κ1) is 16.5. The fraction of sp³-hybridized carbons (Fsp3) is 0.238. The smallest absolute Gasteiger partial charge is 0.238 e. The molecule has 0 fully saturated rings. The lowest BCUT2D eigenvalue weighted by molar-refractivity contribution is -0.116. The van der Waals surface area contributed by atoms with Crippen molar-refractivity contribution in [3.8, 4) is 11.4 Å². The average molecular weight is 346 g/mol. The number of nitrogens with one attached hydrogen (secondary N) is 1. The van der Waals surface area contributed by atoms with E-state index in [4.69, 9.17) is 4.98 Å². The molecular formula is C21H22N4O. The van der Waals surface area contributed by atoms with Gasteiger partial charge in [0.05, 0.1) is 12.1 Å². The number of para-hydroxylation sites is 1. The summed E-state index contributed by atoms with van der Waals surface area (Å²) in [5.74, 6) is 0.943. The second kappa shape index (κ2) is 6.11. The van der Waals surface area contributed by atoms with E-state index < -0.39 is 0 Å². The second-order valence-corrected chi connectivity index (χ2v) is 7.03. The predicted molar refractivity (Wildman–Crippen MR) is 107 cm³/mol. The Balaban J connectivity index is 1.90. The number of hydrogen-bond acceptors (Lipinski definition) is 3. The zero-order valence-electron chi connectivity index (χ0n) is 15.5. The third-order valence-electron chi connectivity index (χ3n) is 4.82. The van der Waals surface area contributed by atoms with Crippen LogP contribution in [0.2, 0.25) is 0 Å². The lowest BCUT2D eigenvalue weighted by Crippen LogP contribution is -2.27. The molecule has 0 spiro atoms. The fourth-order valence-corrected chi connectivity index (χ4v) is 3.63. The summed E-state index contributed by atoms with van der Waals surface area (Å²) < 4.78 is 2.14. The summed E-state index contributed by atoms with van der Waals surface area (Å²) in [4.78, 5) is 18.8. The number of carbonyl (C=O) groups excluding carboxylic acids is 1. The third-order valence-corrected chi connectivity index (χ3v) is 4.82. The average Bonchev–Trinajstić information content (AvgIpc) is 2.98. The van der Waals surface area contributed by atoms with E-state index in [1.807, 2.05) is 37.2 Å². The van der Waals surface area contributed by atoms with Gasteiger partial charge in [-0.3, -0.25) is 4.79 Å². The molecule has 5 heteroatoms. The molecule has 5 nitrogen and oxygen atoms in total. The monoisotopic (exact) mass is 346 g/mol. The number of aryl methyl sites for hydroxylation is 2. The van der Waals surface area contributed by atoms with Crippen LogP contribution in [0.3, 0.4) is 0 Å². The summed E-state index contributed by atoms with van der Waals surface area (Å²) in [7, 11) is 5.81. The molecule has 0 saturated heterocycles. The largest absolute Gasteiger partial charge is 0.328 e. The van der Waals surface area contributed by atoms with Crippen molar-refractivity contribution in [3.05, 3.63) is 48.0 Å². The molecule has 2 aliphatic rings. The summed E-state index contributed by atoms with van der Waals surface area (Å²) in [6, 6.07) is 14.3. The maximum absolute atomic E-state index is 12.1. The van der Waals surface area contributed by atoms with Crippen molar-refractivity contribution in [2.24, 2.45) is 7.05 Å². The Morgan fingerprint density at radius 1 is 1.15 bits per heavy atom. The van der Waals surface area contributed by atoms with Gasteiger partial charge in [0.1, 0.15) is 5.82 Å². The van der Waals surface area contributed by atoms with Crippen LogP contribution >= 0.6 is 0 Å². The van der Waals surface area contributed by atoms with Gasteiger partial charge in [0, 0.05) is 34.6 Å². The second-order valence-electron chi connectivity index (χ2n) is 7.03. The molecule has 2 aromatic carbocycles. The number of rotatable bonds is 3. The Kier molecular flexibility index (Phi) is 3.89. The van der Waals surface area contributed by atoms with Gasteiger partial charge in [-0.2, -0.15) is 0 Å². The number of nitrogens with zero attached hydrogens (tertiary/aromatic N) is 3. The van der Waals surface area contributed by atoms with E-state index in [2.05, 4.69) is 48.1 Å². The standard InChI is InChI=1S/C21H22N4O/c1-13-15-7-5-6-8-18(15)25(4)21-20(13)16-11-14(9-10-17(16)23-21)22-19(26)12-24(2)3/h5-11H,12H2,1-4H3,(H,22,26). The highest BCUT2D eigenvalue weighted by molar-refractivity contribution is 6.05. The van der Waals surface area contributed by atoms with E-state index in [1.165, 1.54) is 16.5 Å². The minimum Gasteiger partial charge on any atom is -0.328 e. The van der Waals surface area contributed by atoms with Crippen LogP contribution in [-0.2, 0) is 11.8 Å². The van der Waals surface area contributed by atoms with Crippen LogP contribution in [0.25, 0.3) is 33.2 Å². The zero-order valence-corrected chi connectivity index (χ0v) is 15.5. The van der Waals surface area contributed by atoms with Gasteiger partial charge in [-0.05, 0) is 50.8 Å². The lowest BCUT2D eigenvalue weighted by atomic mass is 10.00. The van der Waals surface area contributed by atoms with Crippen molar-refractivity contribution >= 4 is 33.4 Å². The van der Waals surface area contributed by atoms with Gasteiger partial charge in [-0.15, -0.1) is 0 Å². The number of anilines is 1. The van der Waals surface area contributed by atoms with Gasteiger partial charge < -0.3 is 14.8 Å². The quantitative estimate of drug-likeness (QED) is 0.616. The highest BCUT2D eigenvalue weighted by Crippen LogP contribution is 2.38. The van der Waals surface area contributed by atoms with Gasteiger partial charge >= 0.3 is 0 Å². The molecule has 2 aromatic rings. The number of likely N-dealkylation sites (N-methyl/N-ethyl adjacent to an activating group) is 1.